The van der Waals surface area contributed by atoms with Gasteiger partial charge in [-0.1, -0.05) is 311 Å². The highest BCUT2D eigenvalue weighted by atomic mass is 16.5. The van der Waals surface area contributed by atoms with Crippen LogP contribution in [0.5, 0.6) is 80.5 Å². The molecule has 0 saturated heterocycles. The number of Topliss-reactive ketones (excluding diaryl/α,β-unsaturated/α-hetero) is 4. The summed E-state index contributed by atoms with van der Waals surface area (Å²) in [4.78, 5) is 69.9. The van der Waals surface area contributed by atoms with Crippen LogP contribution in [-0.4, -0.2) is 77.2 Å². The lowest BCUT2D eigenvalue weighted by atomic mass is 9.97. The van der Waals surface area contributed by atoms with Crippen LogP contribution in [0, 0.1) is 0 Å². The summed E-state index contributed by atoms with van der Waals surface area (Å²) in [5, 5.41) is 65.9. The number of aliphatic hydroxyl groups is 1. The van der Waals surface area contributed by atoms with Crippen LogP contribution in [0.2, 0.25) is 0 Å². The molecule has 0 radical (unpaired) electrons. The molecule has 22 nitrogen and oxygen atoms in total. The molecule has 0 bridgehead atoms. The second kappa shape index (κ2) is 59.8. The molecule has 22 heteroatoms. The Bertz CT molecular complexity index is 6710. The van der Waals surface area contributed by atoms with Gasteiger partial charge in [-0.05, 0) is 198 Å². The number of carbonyl (C=O) groups excluding carboxylic acids is 6. The van der Waals surface area contributed by atoms with E-state index < -0.39 is 11.8 Å². The molecule has 15 rings (SSSR count). The quantitative estimate of drug-likeness (QED) is 0.00625. The van der Waals surface area contributed by atoms with Gasteiger partial charge in [0.2, 0.25) is 0 Å². The van der Waals surface area contributed by atoms with Crippen molar-refractivity contribution in [3.8, 4) is 80.5 Å². The van der Waals surface area contributed by atoms with Gasteiger partial charge in [-0.15, -0.1) is 0 Å². The van der Waals surface area contributed by atoms with Gasteiger partial charge in [-0.3, -0.25) is 24.0 Å². The van der Waals surface area contributed by atoms with Crippen LogP contribution in [0.25, 0.3) is 11.3 Å². The van der Waals surface area contributed by atoms with Gasteiger partial charge in [-0.25, -0.2) is 4.79 Å². The van der Waals surface area contributed by atoms with Crippen LogP contribution in [0.3, 0.4) is 0 Å². The van der Waals surface area contributed by atoms with Gasteiger partial charge in [-0.2, -0.15) is 0 Å². The molecule has 0 atom stereocenters. The predicted octanol–water partition coefficient (Wildman–Crippen LogP) is 29.0. The van der Waals surface area contributed by atoms with Crippen molar-refractivity contribution >= 4 is 46.2 Å². The molecule has 15 aromatic rings. The van der Waals surface area contributed by atoms with Gasteiger partial charge in [0.25, 0.3) is 5.78 Å². The second-order valence-electron chi connectivity index (χ2n) is 35.9. The van der Waals surface area contributed by atoms with Crippen molar-refractivity contribution in [2.45, 2.75) is 173 Å². The van der Waals surface area contributed by atoms with Crippen molar-refractivity contribution in [1.82, 2.24) is 0 Å². The van der Waals surface area contributed by atoms with E-state index in [1.54, 1.807) is 56.3 Å². The Morgan fingerprint density at radius 1 is 0.262 bits per heavy atom. The maximum atomic E-state index is 12.2. The molecule has 7 N–H and O–H groups in total. The number of ketones is 5. The third kappa shape index (κ3) is 38.3. The zero-order chi connectivity index (χ0) is 108. The first kappa shape index (κ1) is 115. The number of hydrogen-bond donors (Lipinski definition) is 7. The standard InChI is InChI=1S/C29H30O6.C25H26O3.C23H22O2.C22H20O3.C11H14O3.C9H12O2.C8H8O3/c1-4-33-29(32)26(31)16-25(30)24-15-23(20(2)3)27(34-18-21-11-7-5-8-12-21)17-28(24)35-19-22-13-9-6-10-14-22;1-18(2)22-14-23(19(3)26)25(28-17-21-12-8-5-9-13-21)15-24(22)27-16-20-10-6-4-7-11-20;1-18(2)22-14-13-21(24-16-19-9-5-3-6-10-19)15-23(22)25-17-20-11-7-4-8-12-20;1-17(23)21-13-12-20(24-15-18-8-4-2-5-9-18)14-22(21)25-16-19-10-6-3-7-11-19;1-6(2)8-4-9(7(3)12)11(14)5-10(8)13;1-6(2)8-4-3-7(10)5-9(8)11;1-5(9)7-3-2-6(10)4-8(7)11/h5-17,20,30H,4,18-19H2,1-3H3;4-15,18H,16-17H2,1-3H3;3-15H,1,16-17H2,2H3;2-14H,15-16H2,1H3;4-6,13-14H,1-3H3;3-6,10-11H,1-2H3;2-4,10-11H,1H3. The van der Waals surface area contributed by atoms with Gasteiger partial charge in [0.1, 0.15) is 139 Å². The summed E-state index contributed by atoms with van der Waals surface area (Å²) in [5.41, 5.74) is 15.8. The Morgan fingerprint density at radius 3 is 0.846 bits per heavy atom. The minimum absolute atomic E-state index is 0.0143. The maximum Gasteiger partial charge on any atom is 0.379 e. The minimum Gasteiger partial charge on any atom is -0.508 e. The molecule has 15 aromatic carbocycles. The summed E-state index contributed by atoms with van der Waals surface area (Å²) in [6.07, 6.45) is 0.858. The number of allylic oxidation sites excluding steroid dienone is 1. The Morgan fingerprint density at radius 2 is 0.530 bits per heavy atom. The number of phenolic OH excluding ortho intramolecular Hbond substituents is 6. The van der Waals surface area contributed by atoms with Crippen LogP contribution in [0.4, 0.5) is 0 Å². The van der Waals surface area contributed by atoms with E-state index in [0.29, 0.717) is 91.7 Å². The molecule has 0 unspecified atom stereocenters. The summed E-state index contributed by atoms with van der Waals surface area (Å²) in [6, 6.07) is 109. The summed E-state index contributed by atoms with van der Waals surface area (Å²) >= 11 is 0. The zero-order valence-electron chi connectivity index (χ0n) is 86.7. The average molecular weight is 2010 g/mol. The summed E-state index contributed by atoms with van der Waals surface area (Å²) < 4.78 is 52.7. The number of hydrogen-bond acceptors (Lipinski definition) is 22. The molecule has 0 heterocycles. The smallest absolute Gasteiger partial charge is 0.379 e. The molecule has 0 fully saturated rings. The fourth-order valence-corrected chi connectivity index (χ4v) is 14.6. The van der Waals surface area contributed by atoms with E-state index in [-0.39, 0.29) is 117 Å². The summed E-state index contributed by atoms with van der Waals surface area (Å²) in [6.45, 7) is 33.0. The fourth-order valence-electron chi connectivity index (χ4n) is 14.6. The molecule has 0 aliphatic rings. The first-order valence-electron chi connectivity index (χ1n) is 48.9. The van der Waals surface area contributed by atoms with Crippen molar-refractivity contribution in [2.24, 2.45) is 0 Å². The molecular formula is C127H132O22. The Balaban J connectivity index is 0.000000200. The van der Waals surface area contributed by atoms with Crippen molar-refractivity contribution < 1.29 is 107 Å². The van der Waals surface area contributed by atoms with Gasteiger partial charge in [0.05, 0.1) is 34.4 Å². The number of rotatable bonds is 37. The maximum absolute atomic E-state index is 12.2. The largest absolute Gasteiger partial charge is 0.508 e. The highest BCUT2D eigenvalue weighted by Crippen LogP contribution is 2.41. The molecule has 0 amide bonds. The van der Waals surface area contributed by atoms with E-state index in [2.05, 4.69) is 44.7 Å². The minimum atomic E-state index is -1.03. The molecule has 772 valence electrons. The number of aliphatic hydroxyl groups excluding tert-OH is 1. The van der Waals surface area contributed by atoms with Crippen molar-refractivity contribution in [3.05, 3.63) is 465 Å². The molecule has 0 spiro atoms. The molecule has 149 heavy (non-hydrogen) atoms. The Labute approximate surface area is 873 Å². The normalized spacial score (nSPS) is 10.6. The lowest BCUT2D eigenvalue weighted by Crippen LogP contribution is -2.15. The SMILES string of the molecule is C=C(C)c1ccc(OCc2ccccc2)cc1OCc1ccccc1.CC(=O)c1cc(C(C)C)c(O)cc1O.CC(=O)c1cc(C(C)C)c(OCc2ccccc2)cc1OCc1ccccc1.CC(=O)c1ccc(O)cc1O.CC(=O)c1ccc(OCc2ccccc2)cc1OCc1ccccc1.CC(C)c1ccc(O)cc1O.CCOC(=O)C(=O)C=C(O)c1cc(C(C)C)c(OCc2ccccc2)cc1OCc1ccccc1. The third-order valence-electron chi connectivity index (χ3n) is 22.7. The van der Waals surface area contributed by atoms with Crippen molar-refractivity contribution in [2.75, 3.05) is 6.61 Å². The average Bonchev–Trinajstić information content (AvgIpc) is 0.787. The van der Waals surface area contributed by atoms with Crippen molar-refractivity contribution in [1.29, 1.82) is 0 Å². The zero-order valence-corrected chi connectivity index (χ0v) is 86.7. The lowest BCUT2D eigenvalue weighted by Gasteiger charge is -2.19. The van der Waals surface area contributed by atoms with E-state index in [1.807, 2.05) is 297 Å². The van der Waals surface area contributed by atoms with E-state index >= 15 is 0 Å². The van der Waals surface area contributed by atoms with Gasteiger partial charge in [0, 0.05) is 54.1 Å². The van der Waals surface area contributed by atoms with E-state index in [0.717, 1.165) is 102 Å². The molecule has 0 aliphatic carbocycles. The predicted molar refractivity (Wildman–Crippen MR) is 585 cm³/mol. The van der Waals surface area contributed by atoms with E-state index in [9.17, 15) is 49.2 Å². The molecule has 0 aromatic heterocycles. The first-order valence-corrected chi connectivity index (χ1v) is 48.9. The molecule has 0 aliphatic heterocycles. The van der Waals surface area contributed by atoms with Gasteiger partial charge < -0.3 is 78.4 Å². The fraction of sp³-hybridized carbons (Fsp3) is 0.213. The van der Waals surface area contributed by atoms with E-state index in [4.69, 9.17) is 58.0 Å². The van der Waals surface area contributed by atoms with Crippen LogP contribution >= 0.6 is 0 Å². The van der Waals surface area contributed by atoms with Crippen LogP contribution in [-0.2, 0) is 67.2 Å². The van der Waals surface area contributed by atoms with Crippen molar-refractivity contribution in [3.63, 3.8) is 0 Å². The Kier molecular flexibility index (Phi) is 46.2. The lowest BCUT2D eigenvalue weighted by molar-refractivity contribution is -0.151. The number of aromatic hydroxyl groups is 6. The number of phenols is 6. The number of carbonyl (C=O) groups is 6. The first-order chi connectivity index (χ1) is 71.5. The molecule has 0 saturated carbocycles. The molecular weight excluding hydrogens is 1880 g/mol. The number of ether oxygens (including phenoxy) is 9. The highest BCUT2D eigenvalue weighted by Gasteiger charge is 2.24. The number of esters is 1. The summed E-state index contributed by atoms with van der Waals surface area (Å²) in [7, 11) is 0. The van der Waals surface area contributed by atoms with Crippen LogP contribution in [0.15, 0.2) is 365 Å². The monoisotopic (exact) mass is 2010 g/mol. The summed E-state index contributed by atoms with van der Waals surface area (Å²) in [5.74, 6) is 2.81. The van der Waals surface area contributed by atoms with Gasteiger partial charge in [0.15, 0.2) is 23.1 Å². The number of benzene rings is 15. The van der Waals surface area contributed by atoms with E-state index in [1.165, 1.54) is 51.1 Å². The Hall–Kier alpha value is -17.4. The van der Waals surface area contributed by atoms with Crippen LogP contribution < -0.4 is 37.9 Å². The topological polar surface area (TPSA) is 327 Å². The second-order valence-corrected chi connectivity index (χ2v) is 35.9. The van der Waals surface area contributed by atoms with Crippen LogP contribution in [0.1, 0.15) is 240 Å². The highest BCUT2D eigenvalue weighted by molar-refractivity contribution is 6.39. The third-order valence-corrected chi connectivity index (χ3v) is 22.7. The van der Waals surface area contributed by atoms with Gasteiger partial charge >= 0.3 is 5.97 Å².